The van der Waals surface area contributed by atoms with E-state index in [4.69, 9.17) is 0 Å². The molecule has 2 aromatic carbocycles. The van der Waals surface area contributed by atoms with Gasteiger partial charge >= 0.3 is 0 Å². The topological polar surface area (TPSA) is 86.8 Å². The molecular formula is C23H29N3O4S. The van der Waals surface area contributed by atoms with Gasteiger partial charge in [-0.05, 0) is 63.1 Å². The number of nitrogens with one attached hydrogen (secondary N) is 1. The van der Waals surface area contributed by atoms with Crippen LogP contribution in [0, 0.1) is 5.92 Å². The Morgan fingerprint density at radius 3 is 2.29 bits per heavy atom. The summed E-state index contributed by atoms with van der Waals surface area (Å²) in [6.07, 6.45) is 1.26. The zero-order valence-corrected chi connectivity index (χ0v) is 18.8. The van der Waals surface area contributed by atoms with E-state index >= 15 is 0 Å². The van der Waals surface area contributed by atoms with Crippen LogP contribution in [0.2, 0.25) is 0 Å². The predicted octanol–water partition coefficient (Wildman–Crippen LogP) is 3.21. The van der Waals surface area contributed by atoms with E-state index in [0.29, 0.717) is 43.7 Å². The van der Waals surface area contributed by atoms with Gasteiger partial charge in [-0.3, -0.25) is 9.59 Å². The van der Waals surface area contributed by atoms with Crippen LogP contribution in [0.5, 0.6) is 0 Å². The van der Waals surface area contributed by atoms with Crippen molar-refractivity contribution in [3.05, 3.63) is 60.2 Å². The van der Waals surface area contributed by atoms with E-state index in [0.717, 1.165) is 0 Å². The molecule has 1 aliphatic heterocycles. The maximum atomic E-state index is 13.1. The van der Waals surface area contributed by atoms with Crippen LogP contribution in [0.25, 0.3) is 0 Å². The third kappa shape index (κ3) is 5.32. The van der Waals surface area contributed by atoms with Crippen molar-refractivity contribution in [2.45, 2.75) is 31.6 Å². The number of anilines is 1. The first kappa shape index (κ1) is 23.0. The normalized spacial score (nSPS) is 17.2. The monoisotopic (exact) mass is 443 g/mol. The van der Waals surface area contributed by atoms with Crippen LogP contribution in [0.15, 0.2) is 59.5 Å². The second-order valence-corrected chi connectivity index (χ2v) is 9.50. The van der Waals surface area contributed by atoms with Crippen LogP contribution in [-0.4, -0.2) is 55.6 Å². The van der Waals surface area contributed by atoms with Gasteiger partial charge in [-0.2, -0.15) is 4.31 Å². The average molecular weight is 444 g/mol. The largest absolute Gasteiger partial charge is 0.339 e. The number of para-hydroxylation sites is 1. The molecule has 166 valence electrons. The molecule has 0 aromatic heterocycles. The number of amides is 2. The van der Waals surface area contributed by atoms with Crippen LogP contribution >= 0.6 is 0 Å². The lowest BCUT2D eigenvalue weighted by Gasteiger charge is -2.31. The first-order chi connectivity index (χ1) is 14.9. The summed E-state index contributed by atoms with van der Waals surface area (Å²) in [5.41, 5.74) is 1.15. The molecule has 3 rings (SSSR count). The summed E-state index contributed by atoms with van der Waals surface area (Å²) in [5, 5.41) is 2.86. The lowest BCUT2D eigenvalue weighted by atomic mass is 9.99. The summed E-state index contributed by atoms with van der Waals surface area (Å²) in [6, 6.07) is 15.2. The fraction of sp³-hybridized carbons (Fsp3) is 0.391. The number of benzene rings is 2. The summed E-state index contributed by atoms with van der Waals surface area (Å²) in [4.78, 5) is 26.9. The Kier molecular flexibility index (Phi) is 7.46. The number of nitrogens with zero attached hydrogens (tertiary/aromatic N) is 2. The highest BCUT2D eigenvalue weighted by Crippen LogP contribution is 2.25. The number of rotatable bonds is 7. The predicted molar refractivity (Wildman–Crippen MR) is 120 cm³/mol. The second-order valence-electron chi connectivity index (χ2n) is 7.56. The van der Waals surface area contributed by atoms with Gasteiger partial charge in [0.25, 0.3) is 5.91 Å². The molecular weight excluding hydrogens is 414 g/mol. The van der Waals surface area contributed by atoms with Crippen molar-refractivity contribution in [1.82, 2.24) is 9.21 Å². The third-order valence-corrected chi connectivity index (χ3v) is 7.47. The Labute approximate surface area is 184 Å². The standard InChI is InChI=1S/C23H29N3O4S/c1-3-25(4-2)23(28)18-12-14-21(15-13-18)31(29,30)26-16-8-9-19(17-26)22(27)24-20-10-6-5-7-11-20/h5-7,10-15,19H,3-4,8-9,16-17H2,1-2H3,(H,24,27). The number of hydrogen-bond donors (Lipinski definition) is 1. The molecule has 8 heteroatoms. The lowest BCUT2D eigenvalue weighted by Crippen LogP contribution is -2.43. The minimum absolute atomic E-state index is 0.121. The Balaban J connectivity index is 1.71. The molecule has 0 aliphatic carbocycles. The minimum Gasteiger partial charge on any atom is -0.339 e. The molecule has 0 spiro atoms. The number of carbonyl (C=O) groups excluding carboxylic acids is 2. The third-order valence-electron chi connectivity index (χ3n) is 5.59. The summed E-state index contributed by atoms with van der Waals surface area (Å²) >= 11 is 0. The molecule has 0 radical (unpaired) electrons. The van der Waals surface area contributed by atoms with Crippen LogP contribution in [0.1, 0.15) is 37.0 Å². The summed E-state index contributed by atoms with van der Waals surface area (Å²) in [5.74, 6) is -0.705. The molecule has 31 heavy (non-hydrogen) atoms. The zero-order valence-electron chi connectivity index (χ0n) is 18.0. The van der Waals surface area contributed by atoms with Crippen molar-refractivity contribution >= 4 is 27.5 Å². The molecule has 1 saturated heterocycles. The lowest BCUT2D eigenvalue weighted by molar-refractivity contribution is -0.120. The molecule has 2 aromatic rings. The molecule has 1 N–H and O–H groups in total. The Hall–Kier alpha value is -2.71. The van der Waals surface area contributed by atoms with E-state index in [1.54, 1.807) is 29.2 Å². The van der Waals surface area contributed by atoms with E-state index in [9.17, 15) is 18.0 Å². The fourth-order valence-corrected chi connectivity index (χ4v) is 5.28. The number of piperidine rings is 1. The van der Waals surface area contributed by atoms with Crippen molar-refractivity contribution in [3.8, 4) is 0 Å². The molecule has 1 unspecified atom stereocenters. The SMILES string of the molecule is CCN(CC)C(=O)c1ccc(S(=O)(=O)N2CCCC(C(=O)Nc3ccccc3)C2)cc1. The molecule has 1 atom stereocenters. The van der Waals surface area contributed by atoms with E-state index in [2.05, 4.69) is 5.32 Å². The van der Waals surface area contributed by atoms with Gasteiger partial charge in [-0.25, -0.2) is 8.42 Å². The minimum atomic E-state index is -3.75. The maximum Gasteiger partial charge on any atom is 0.253 e. The average Bonchev–Trinajstić information content (AvgIpc) is 2.80. The summed E-state index contributed by atoms with van der Waals surface area (Å²) in [7, 11) is -3.75. The first-order valence-corrected chi connectivity index (χ1v) is 12.1. The van der Waals surface area contributed by atoms with E-state index in [1.807, 2.05) is 32.0 Å². The van der Waals surface area contributed by atoms with Gasteiger partial charge in [0.05, 0.1) is 10.8 Å². The highest BCUT2D eigenvalue weighted by Gasteiger charge is 2.33. The molecule has 0 saturated carbocycles. The van der Waals surface area contributed by atoms with Crippen molar-refractivity contribution in [1.29, 1.82) is 0 Å². The number of hydrogen-bond acceptors (Lipinski definition) is 4. The Morgan fingerprint density at radius 1 is 1.03 bits per heavy atom. The van der Waals surface area contributed by atoms with Gasteiger partial charge in [0.15, 0.2) is 0 Å². The van der Waals surface area contributed by atoms with Gasteiger partial charge in [-0.1, -0.05) is 18.2 Å². The van der Waals surface area contributed by atoms with Crippen LogP contribution < -0.4 is 5.32 Å². The summed E-state index contributed by atoms with van der Waals surface area (Å²) in [6.45, 7) is 5.51. The van der Waals surface area contributed by atoms with Crippen LogP contribution in [-0.2, 0) is 14.8 Å². The van der Waals surface area contributed by atoms with Gasteiger partial charge < -0.3 is 10.2 Å². The van der Waals surface area contributed by atoms with Crippen molar-refractivity contribution in [2.24, 2.45) is 5.92 Å². The maximum absolute atomic E-state index is 13.1. The zero-order chi connectivity index (χ0) is 22.4. The van der Waals surface area contributed by atoms with Gasteiger partial charge in [0, 0.05) is 37.4 Å². The van der Waals surface area contributed by atoms with Gasteiger partial charge in [0.2, 0.25) is 15.9 Å². The molecule has 7 nitrogen and oxygen atoms in total. The molecule has 2 amide bonds. The second kappa shape index (κ2) is 10.1. The van der Waals surface area contributed by atoms with Crippen molar-refractivity contribution in [2.75, 3.05) is 31.5 Å². The summed E-state index contributed by atoms with van der Waals surface area (Å²) < 4.78 is 27.6. The van der Waals surface area contributed by atoms with Crippen LogP contribution in [0.4, 0.5) is 5.69 Å². The quantitative estimate of drug-likeness (QED) is 0.712. The smallest absolute Gasteiger partial charge is 0.253 e. The van der Waals surface area contributed by atoms with Gasteiger partial charge in [-0.15, -0.1) is 0 Å². The first-order valence-electron chi connectivity index (χ1n) is 10.6. The van der Waals surface area contributed by atoms with E-state index < -0.39 is 15.9 Å². The molecule has 1 aliphatic rings. The van der Waals surface area contributed by atoms with Crippen molar-refractivity contribution in [3.63, 3.8) is 0 Å². The highest BCUT2D eigenvalue weighted by molar-refractivity contribution is 7.89. The van der Waals surface area contributed by atoms with E-state index in [1.165, 1.54) is 16.4 Å². The molecule has 0 bridgehead atoms. The highest BCUT2D eigenvalue weighted by atomic mass is 32.2. The van der Waals surface area contributed by atoms with E-state index in [-0.39, 0.29) is 23.3 Å². The Morgan fingerprint density at radius 2 is 1.68 bits per heavy atom. The molecule has 1 heterocycles. The fourth-order valence-electron chi connectivity index (χ4n) is 3.75. The number of carbonyl (C=O) groups is 2. The van der Waals surface area contributed by atoms with Crippen molar-refractivity contribution < 1.29 is 18.0 Å². The van der Waals surface area contributed by atoms with Crippen LogP contribution in [0.3, 0.4) is 0 Å². The number of sulfonamides is 1. The Bertz CT molecular complexity index is 1000. The van der Waals surface area contributed by atoms with Gasteiger partial charge in [0.1, 0.15) is 0 Å². The molecule has 1 fully saturated rings.